The molecule has 0 spiro atoms. The summed E-state index contributed by atoms with van der Waals surface area (Å²) in [6, 6.07) is 0. The first-order valence-corrected chi connectivity index (χ1v) is 5.79. The molecule has 0 rings (SSSR count). The highest BCUT2D eigenvalue weighted by molar-refractivity contribution is 5.72. The molecule has 2 N–H and O–H groups in total. The molecule has 0 aliphatic rings. The number of aliphatic carboxylic acids is 1. The second-order valence-corrected chi connectivity index (χ2v) is 5.63. The predicted octanol–water partition coefficient (Wildman–Crippen LogP) is 2.26. The lowest BCUT2D eigenvalue weighted by molar-refractivity contribution is -0.142. The van der Waals surface area contributed by atoms with Crippen LogP contribution in [-0.4, -0.2) is 29.8 Å². The van der Waals surface area contributed by atoms with Gasteiger partial charge in [0.25, 0.3) is 0 Å². The SMILES string of the molecule is CC(C)OC(=O)NCC(CC(C)(C)C)C(=O)O. The van der Waals surface area contributed by atoms with Crippen molar-refractivity contribution in [1.29, 1.82) is 0 Å². The van der Waals surface area contributed by atoms with Crippen molar-refractivity contribution >= 4 is 12.1 Å². The highest BCUT2D eigenvalue weighted by Gasteiger charge is 2.25. The Bertz CT molecular complexity index is 268. The first-order valence-electron chi connectivity index (χ1n) is 5.79. The number of carbonyl (C=O) groups is 2. The number of hydrogen-bond donors (Lipinski definition) is 2. The Hall–Kier alpha value is -1.26. The van der Waals surface area contributed by atoms with E-state index in [2.05, 4.69) is 5.32 Å². The quantitative estimate of drug-likeness (QED) is 0.779. The second kappa shape index (κ2) is 6.47. The molecule has 100 valence electrons. The van der Waals surface area contributed by atoms with Crippen LogP contribution in [0.5, 0.6) is 0 Å². The van der Waals surface area contributed by atoms with Crippen molar-refractivity contribution in [2.75, 3.05) is 6.54 Å². The van der Waals surface area contributed by atoms with Gasteiger partial charge in [-0.25, -0.2) is 4.79 Å². The number of carboxylic acid groups (broad SMARTS) is 1. The summed E-state index contributed by atoms with van der Waals surface area (Å²) >= 11 is 0. The molecule has 0 aliphatic heterocycles. The van der Waals surface area contributed by atoms with E-state index in [0.29, 0.717) is 6.42 Å². The van der Waals surface area contributed by atoms with Gasteiger partial charge in [-0.3, -0.25) is 4.79 Å². The van der Waals surface area contributed by atoms with Crippen LogP contribution in [0.25, 0.3) is 0 Å². The van der Waals surface area contributed by atoms with E-state index in [1.54, 1.807) is 13.8 Å². The molecule has 1 amide bonds. The fourth-order valence-electron chi connectivity index (χ4n) is 1.45. The molecule has 1 unspecified atom stereocenters. The maximum atomic E-state index is 11.2. The summed E-state index contributed by atoms with van der Waals surface area (Å²) < 4.78 is 4.87. The van der Waals surface area contributed by atoms with Crippen molar-refractivity contribution in [1.82, 2.24) is 5.32 Å². The van der Waals surface area contributed by atoms with Gasteiger partial charge in [0, 0.05) is 6.54 Å². The third-order valence-corrected chi connectivity index (χ3v) is 2.04. The summed E-state index contributed by atoms with van der Waals surface area (Å²) in [5.74, 6) is -1.49. The zero-order chi connectivity index (χ0) is 13.6. The van der Waals surface area contributed by atoms with E-state index in [0.717, 1.165) is 0 Å². The average Bonchev–Trinajstić information content (AvgIpc) is 2.08. The standard InChI is InChI=1S/C12H23NO4/c1-8(2)17-11(16)13-7-9(10(14)15)6-12(3,4)5/h8-9H,6-7H2,1-5H3,(H,13,16)(H,14,15). The summed E-state index contributed by atoms with van der Waals surface area (Å²) in [4.78, 5) is 22.2. The average molecular weight is 245 g/mol. The Morgan fingerprint density at radius 2 is 1.82 bits per heavy atom. The zero-order valence-electron chi connectivity index (χ0n) is 11.2. The van der Waals surface area contributed by atoms with Crippen LogP contribution in [0.15, 0.2) is 0 Å². The highest BCUT2D eigenvalue weighted by atomic mass is 16.6. The summed E-state index contributed by atoms with van der Waals surface area (Å²) in [7, 11) is 0. The summed E-state index contributed by atoms with van der Waals surface area (Å²) in [5.41, 5.74) is -0.0906. The minimum absolute atomic E-state index is 0.0906. The molecule has 5 heteroatoms. The normalized spacial score (nSPS) is 13.3. The molecule has 0 aromatic heterocycles. The van der Waals surface area contributed by atoms with Crippen LogP contribution in [0, 0.1) is 11.3 Å². The number of amides is 1. The number of rotatable bonds is 5. The molecule has 1 atom stereocenters. The highest BCUT2D eigenvalue weighted by Crippen LogP contribution is 2.24. The maximum Gasteiger partial charge on any atom is 0.407 e. The molecule has 0 saturated heterocycles. The molecule has 5 nitrogen and oxygen atoms in total. The van der Waals surface area contributed by atoms with Gasteiger partial charge in [-0.15, -0.1) is 0 Å². The summed E-state index contributed by atoms with van der Waals surface area (Å²) in [6.45, 7) is 9.48. The Labute approximate surface area is 103 Å². The molecule has 0 bridgehead atoms. The zero-order valence-corrected chi connectivity index (χ0v) is 11.2. The molecular weight excluding hydrogens is 222 g/mol. The molecule has 0 aromatic carbocycles. The molecule has 17 heavy (non-hydrogen) atoms. The van der Waals surface area contributed by atoms with E-state index in [9.17, 15) is 9.59 Å². The van der Waals surface area contributed by atoms with Crippen molar-refractivity contribution in [3.05, 3.63) is 0 Å². The van der Waals surface area contributed by atoms with Crippen molar-refractivity contribution in [2.24, 2.45) is 11.3 Å². The van der Waals surface area contributed by atoms with E-state index >= 15 is 0 Å². The van der Waals surface area contributed by atoms with Crippen molar-refractivity contribution < 1.29 is 19.4 Å². The van der Waals surface area contributed by atoms with Crippen molar-refractivity contribution in [3.63, 3.8) is 0 Å². The number of carboxylic acids is 1. The Morgan fingerprint density at radius 1 is 1.29 bits per heavy atom. The molecule has 0 fully saturated rings. The molecule has 0 radical (unpaired) electrons. The van der Waals surface area contributed by atoms with Crippen LogP contribution >= 0.6 is 0 Å². The second-order valence-electron chi connectivity index (χ2n) is 5.63. The number of nitrogens with one attached hydrogen (secondary N) is 1. The Morgan fingerprint density at radius 3 is 2.18 bits per heavy atom. The van der Waals surface area contributed by atoms with E-state index < -0.39 is 18.0 Å². The number of ether oxygens (including phenoxy) is 1. The van der Waals surface area contributed by atoms with Crippen LogP contribution < -0.4 is 5.32 Å². The van der Waals surface area contributed by atoms with Gasteiger partial charge < -0.3 is 15.2 Å². The number of carbonyl (C=O) groups excluding carboxylic acids is 1. The monoisotopic (exact) mass is 245 g/mol. The number of hydrogen-bond acceptors (Lipinski definition) is 3. The van der Waals surface area contributed by atoms with Crippen LogP contribution in [0.1, 0.15) is 41.0 Å². The fraction of sp³-hybridized carbons (Fsp3) is 0.833. The predicted molar refractivity (Wildman–Crippen MR) is 64.8 cm³/mol. The minimum Gasteiger partial charge on any atom is -0.481 e. The van der Waals surface area contributed by atoms with Gasteiger partial charge in [0.05, 0.1) is 12.0 Å². The first-order chi connectivity index (χ1) is 7.61. The molecule has 0 aromatic rings. The lowest BCUT2D eigenvalue weighted by Gasteiger charge is -2.23. The first kappa shape index (κ1) is 15.7. The molecule has 0 aliphatic carbocycles. The number of alkyl carbamates (subject to hydrolysis) is 1. The Kier molecular flexibility index (Phi) is 5.99. The largest absolute Gasteiger partial charge is 0.481 e. The topological polar surface area (TPSA) is 75.6 Å². The van der Waals surface area contributed by atoms with E-state index in [1.807, 2.05) is 20.8 Å². The van der Waals surface area contributed by atoms with Crippen LogP contribution in [0.4, 0.5) is 4.79 Å². The van der Waals surface area contributed by atoms with Gasteiger partial charge in [0.2, 0.25) is 0 Å². The van der Waals surface area contributed by atoms with Gasteiger partial charge in [-0.2, -0.15) is 0 Å². The lowest BCUT2D eigenvalue weighted by Crippen LogP contribution is -2.36. The van der Waals surface area contributed by atoms with Crippen molar-refractivity contribution in [3.8, 4) is 0 Å². The third-order valence-electron chi connectivity index (χ3n) is 2.04. The van der Waals surface area contributed by atoms with E-state index in [4.69, 9.17) is 9.84 Å². The molecule has 0 heterocycles. The Balaban J connectivity index is 4.19. The lowest BCUT2D eigenvalue weighted by atomic mass is 9.84. The fourth-order valence-corrected chi connectivity index (χ4v) is 1.45. The molecule has 0 saturated carbocycles. The van der Waals surface area contributed by atoms with Gasteiger partial charge in [-0.05, 0) is 25.7 Å². The van der Waals surface area contributed by atoms with Crippen LogP contribution in [0.2, 0.25) is 0 Å². The summed E-state index contributed by atoms with van der Waals surface area (Å²) in [6.07, 6.45) is -0.273. The van der Waals surface area contributed by atoms with Gasteiger partial charge in [0.1, 0.15) is 0 Å². The molecular formula is C12H23NO4. The van der Waals surface area contributed by atoms with Crippen LogP contribution in [-0.2, 0) is 9.53 Å². The van der Waals surface area contributed by atoms with Gasteiger partial charge in [0.15, 0.2) is 0 Å². The van der Waals surface area contributed by atoms with Crippen LogP contribution in [0.3, 0.4) is 0 Å². The maximum absolute atomic E-state index is 11.2. The van der Waals surface area contributed by atoms with E-state index in [-0.39, 0.29) is 18.1 Å². The van der Waals surface area contributed by atoms with Gasteiger partial charge in [-0.1, -0.05) is 20.8 Å². The van der Waals surface area contributed by atoms with Gasteiger partial charge >= 0.3 is 12.1 Å². The van der Waals surface area contributed by atoms with Crippen molar-refractivity contribution in [2.45, 2.75) is 47.1 Å². The smallest absolute Gasteiger partial charge is 0.407 e. The third kappa shape index (κ3) is 8.54. The van der Waals surface area contributed by atoms with E-state index in [1.165, 1.54) is 0 Å². The summed E-state index contributed by atoms with van der Waals surface area (Å²) in [5, 5.41) is 11.5. The minimum atomic E-state index is -0.898.